The number of benzene rings is 7. The monoisotopic (exact) mass is 588 g/mol. The van der Waals surface area contributed by atoms with E-state index in [0.717, 1.165) is 0 Å². The summed E-state index contributed by atoms with van der Waals surface area (Å²) in [5.74, 6) is 0. The molecule has 0 spiro atoms. The van der Waals surface area contributed by atoms with Gasteiger partial charge in [-0.15, -0.1) is 0 Å². The zero-order valence-corrected chi connectivity index (χ0v) is 27.0. The van der Waals surface area contributed by atoms with E-state index in [9.17, 15) is 0 Å². The molecule has 0 fully saturated rings. The summed E-state index contributed by atoms with van der Waals surface area (Å²) in [5, 5.41) is 5.28. The largest absolute Gasteiger partial charge is 0.0776 e. The highest BCUT2D eigenvalue weighted by atomic mass is 14.1. The lowest BCUT2D eigenvalue weighted by molar-refractivity contribution is 1.40. The average molecular weight is 589 g/mol. The molecule has 0 bridgehead atoms. The van der Waals surface area contributed by atoms with Gasteiger partial charge in [0, 0.05) is 0 Å². The topological polar surface area (TPSA) is 0 Å². The van der Waals surface area contributed by atoms with Crippen molar-refractivity contribution in [2.75, 3.05) is 0 Å². The highest BCUT2D eigenvalue weighted by Crippen LogP contribution is 2.35. The number of hydrogen-bond donors (Lipinski definition) is 0. The van der Waals surface area contributed by atoms with Crippen LogP contribution in [0.4, 0.5) is 0 Å². The second kappa shape index (κ2) is 17.4. The number of hydrogen-bond acceptors (Lipinski definition) is 0. The molecule has 45 heavy (non-hydrogen) atoms. The third-order valence-corrected chi connectivity index (χ3v) is 7.60. The molecule has 7 aromatic carbocycles. The Kier molecular flexibility index (Phi) is 13.3. The fraction of sp³-hybridized carbons (Fsp3) is 0.156. The number of rotatable bonds is 1. The summed E-state index contributed by atoms with van der Waals surface area (Å²) >= 11 is 0. The molecule has 0 atom stereocenters. The van der Waals surface area contributed by atoms with Crippen molar-refractivity contribution in [3.8, 4) is 11.1 Å². The lowest BCUT2D eigenvalue weighted by atomic mass is 9.91. The van der Waals surface area contributed by atoms with Crippen molar-refractivity contribution >= 4 is 21.5 Å². The summed E-state index contributed by atoms with van der Waals surface area (Å²) < 4.78 is 0. The van der Waals surface area contributed by atoms with Crippen molar-refractivity contribution in [1.82, 2.24) is 0 Å². The molecule has 0 nitrogen and oxygen atoms in total. The van der Waals surface area contributed by atoms with Gasteiger partial charge in [0.05, 0.1) is 0 Å². The fourth-order valence-corrected chi connectivity index (χ4v) is 5.10. The zero-order chi connectivity index (χ0) is 31.3. The quantitative estimate of drug-likeness (QED) is 0.179. The van der Waals surface area contributed by atoms with Crippen LogP contribution in [0, 0.1) is 41.5 Å². The minimum atomic E-state index is 0. The van der Waals surface area contributed by atoms with Crippen molar-refractivity contribution in [3.63, 3.8) is 0 Å². The second-order valence-corrected chi connectivity index (χ2v) is 11.5. The second-order valence-electron chi connectivity index (χ2n) is 11.5. The van der Waals surface area contributed by atoms with E-state index in [0.29, 0.717) is 0 Å². The average Bonchev–Trinajstić information content (AvgIpc) is 3.04. The fourth-order valence-electron chi connectivity index (χ4n) is 5.10. The van der Waals surface area contributed by atoms with Crippen LogP contribution in [0.15, 0.2) is 158 Å². The molecule has 7 rings (SSSR count). The molecular weight excluding hydrogens is 540 g/mol. The van der Waals surface area contributed by atoms with Gasteiger partial charge in [-0.1, -0.05) is 181 Å². The molecule has 0 saturated carbocycles. The third-order valence-electron chi connectivity index (χ3n) is 7.60. The van der Waals surface area contributed by atoms with Crippen LogP contribution in [0.25, 0.3) is 32.7 Å². The number of fused-ring (bicyclic) bond motifs is 2. The van der Waals surface area contributed by atoms with Crippen LogP contribution in [0.3, 0.4) is 0 Å². The summed E-state index contributed by atoms with van der Waals surface area (Å²) in [6.45, 7) is 12.8. The van der Waals surface area contributed by atoms with Crippen LogP contribution >= 0.6 is 0 Å². The summed E-state index contributed by atoms with van der Waals surface area (Å²) in [4.78, 5) is 0. The van der Waals surface area contributed by atoms with Gasteiger partial charge >= 0.3 is 0 Å². The summed E-state index contributed by atoms with van der Waals surface area (Å²) in [6.07, 6.45) is 0. The van der Waals surface area contributed by atoms with E-state index in [-0.39, 0.29) is 7.43 Å². The molecule has 0 aliphatic rings. The molecule has 0 unspecified atom stereocenters. The molecule has 0 N–H and O–H groups in total. The van der Waals surface area contributed by atoms with Crippen LogP contribution < -0.4 is 0 Å². The lowest BCUT2D eigenvalue weighted by Gasteiger charge is -2.13. The Hall–Kier alpha value is -4.94. The zero-order valence-electron chi connectivity index (χ0n) is 27.0. The summed E-state index contributed by atoms with van der Waals surface area (Å²) in [7, 11) is 0. The van der Waals surface area contributed by atoms with Crippen LogP contribution in [-0.4, -0.2) is 0 Å². The third kappa shape index (κ3) is 10.3. The smallest absolute Gasteiger partial charge is 0.00760 e. The molecule has 228 valence electrons. The normalized spacial score (nSPS) is 9.82. The molecule has 0 aliphatic carbocycles. The van der Waals surface area contributed by atoms with Gasteiger partial charge in [0.1, 0.15) is 0 Å². The van der Waals surface area contributed by atoms with Gasteiger partial charge in [0.2, 0.25) is 0 Å². The molecule has 0 aliphatic heterocycles. The van der Waals surface area contributed by atoms with Crippen molar-refractivity contribution in [1.29, 1.82) is 0 Å². The van der Waals surface area contributed by atoms with Gasteiger partial charge in [0.25, 0.3) is 0 Å². The Labute approximate surface area is 272 Å². The van der Waals surface area contributed by atoms with E-state index in [1.54, 1.807) is 0 Å². The van der Waals surface area contributed by atoms with Crippen LogP contribution in [0.2, 0.25) is 0 Å². The van der Waals surface area contributed by atoms with Gasteiger partial charge in [0.15, 0.2) is 0 Å². The van der Waals surface area contributed by atoms with E-state index < -0.39 is 0 Å². The first-order valence-corrected chi connectivity index (χ1v) is 15.4. The van der Waals surface area contributed by atoms with E-state index in [1.807, 2.05) is 36.4 Å². The van der Waals surface area contributed by atoms with Gasteiger partial charge in [-0.25, -0.2) is 0 Å². The first kappa shape index (κ1) is 34.5. The SMILES string of the molecule is C.Cc1cc2ccccc2cc1-c1cccc2cccc(C)c12.Cc1ccc(C)cc1.Cc1ccccc1.Cc1ccccc1. The first-order chi connectivity index (χ1) is 21.3. The molecule has 0 amide bonds. The van der Waals surface area contributed by atoms with E-state index in [2.05, 4.69) is 163 Å². The Morgan fingerprint density at radius 2 is 0.689 bits per heavy atom. The van der Waals surface area contributed by atoms with E-state index in [4.69, 9.17) is 0 Å². The maximum atomic E-state index is 2.33. The Morgan fingerprint density at radius 1 is 0.289 bits per heavy atom. The van der Waals surface area contributed by atoms with Crippen molar-refractivity contribution in [2.24, 2.45) is 0 Å². The standard InChI is InChI=1S/C22H18.C8H10.2C7H8.CH4/c1-15-7-5-10-17-11-6-12-20(22(15)17)21-14-19-9-4-3-8-18(19)13-16(21)2;1-7-3-5-8(2)6-4-7;2*1-7-5-3-2-4-6-7;/h3-14H,1-2H3;3-6H,1-2H3;2*2-6H,1H3;1H4. The predicted molar refractivity (Wildman–Crippen MR) is 201 cm³/mol. The first-order valence-electron chi connectivity index (χ1n) is 15.4. The van der Waals surface area contributed by atoms with E-state index in [1.165, 1.54) is 66.1 Å². The van der Waals surface area contributed by atoms with Gasteiger partial charge in [-0.3, -0.25) is 0 Å². The van der Waals surface area contributed by atoms with Crippen LogP contribution in [0.1, 0.15) is 40.8 Å². The Morgan fingerprint density at radius 3 is 1.16 bits per heavy atom. The molecule has 0 saturated heterocycles. The predicted octanol–water partition coefficient (Wildman–Crippen LogP) is 13.2. The highest BCUT2D eigenvalue weighted by Gasteiger charge is 2.09. The minimum absolute atomic E-state index is 0. The van der Waals surface area contributed by atoms with Crippen molar-refractivity contribution in [3.05, 3.63) is 191 Å². The Balaban J connectivity index is 0.000000196. The maximum absolute atomic E-state index is 2.33. The molecular formula is C45H48. The minimum Gasteiger partial charge on any atom is -0.0776 e. The van der Waals surface area contributed by atoms with Crippen molar-refractivity contribution in [2.45, 2.75) is 49.0 Å². The molecule has 0 aromatic heterocycles. The molecule has 0 heteroatoms. The molecule has 7 aromatic rings. The van der Waals surface area contributed by atoms with Crippen LogP contribution in [-0.2, 0) is 0 Å². The van der Waals surface area contributed by atoms with Gasteiger partial charge < -0.3 is 0 Å². The number of aryl methyl sites for hydroxylation is 6. The summed E-state index contributed by atoms with van der Waals surface area (Å²) in [6, 6.07) is 55.3. The lowest BCUT2D eigenvalue weighted by Crippen LogP contribution is -1.88. The van der Waals surface area contributed by atoms with Crippen molar-refractivity contribution < 1.29 is 0 Å². The summed E-state index contributed by atoms with van der Waals surface area (Å²) in [5.41, 5.74) is 10.6. The highest BCUT2D eigenvalue weighted by molar-refractivity contribution is 6.01. The van der Waals surface area contributed by atoms with Gasteiger partial charge in [-0.05, 0) is 91.4 Å². The van der Waals surface area contributed by atoms with E-state index >= 15 is 0 Å². The Bertz CT molecular complexity index is 1820. The van der Waals surface area contributed by atoms with Crippen LogP contribution in [0.5, 0.6) is 0 Å². The molecule has 0 heterocycles. The maximum Gasteiger partial charge on any atom is -0.00760 e. The molecule has 0 radical (unpaired) electrons. The van der Waals surface area contributed by atoms with Gasteiger partial charge in [-0.2, -0.15) is 0 Å².